The average molecular weight is 340 g/mol. The molecule has 1 atom stereocenters. The Bertz CT molecular complexity index is 697. The Morgan fingerprint density at radius 1 is 1.26 bits per heavy atom. The van der Waals surface area contributed by atoms with Gasteiger partial charge in [-0.25, -0.2) is 13.2 Å². The number of carbonyl (C=O) groups is 2. The Hall–Kier alpha value is -2.09. The lowest BCUT2D eigenvalue weighted by Crippen LogP contribution is -2.33. The van der Waals surface area contributed by atoms with Gasteiger partial charge in [-0.3, -0.25) is 4.79 Å². The molecule has 1 aromatic carbocycles. The van der Waals surface area contributed by atoms with Crippen LogP contribution in [0.4, 0.5) is 4.79 Å². The fraction of sp³-hybridized carbons (Fsp3) is 0.467. The number of nitrogens with zero attached hydrogens (tertiary/aromatic N) is 1. The zero-order valence-electron chi connectivity index (χ0n) is 13.1. The number of hydrogen-bond acceptors (Lipinski definition) is 5. The van der Waals surface area contributed by atoms with Gasteiger partial charge in [0.1, 0.15) is 0 Å². The van der Waals surface area contributed by atoms with E-state index in [-0.39, 0.29) is 23.1 Å². The number of ether oxygens (including phenoxy) is 1. The van der Waals surface area contributed by atoms with Crippen LogP contribution >= 0.6 is 0 Å². The molecule has 0 aromatic heterocycles. The van der Waals surface area contributed by atoms with Gasteiger partial charge in [0.15, 0.2) is 9.84 Å². The van der Waals surface area contributed by atoms with E-state index >= 15 is 0 Å². The molecule has 1 heterocycles. The van der Waals surface area contributed by atoms with Crippen LogP contribution in [0.25, 0.3) is 0 Å². The second-order valence-electron chi connectivity index (χ2n) is 5.72. The number of sulfone groups is 1. The highest BCUT2D eigenvalue weighted by molar-refractivity contribution is 7.92. The van der Waals surface area contributed by atoms with Crippen LogP contribution in [0.2, 0.25) is 0 Å². The van der Waals surface area contributed by atoms with Gasteiger partial charge < -0.3 is 15.4 Å². The summed E-state index contributed by atoms with van der Waals surface area (Å²) in [4.78, 5) is 24.4. The first kappa shape index (κ1) is 17.3. The normalized spacial score (nSPS) is 18.2. The van der Waals surface area contributed by atoms with E-state index in [4.69, 9.17) is 10.5 Å². The molecule has 0 radical (unpaired) electrons. The molecule has 0 aliphatic carbocycles. The Kier molecular flexibility index (Phi) is 4.93. The maximum absolute atomic E-state index is 12.6. The van der Waals surface area contributed by atoms with Crippen LogP contribution in [0, 0.1) is 0 Å². The quantitative estimate of drug-likeness (QED) is 0.885. The van der Waals surface area contributed by atoms with Crippen LogP contribution in [-0.2, 0) is 14.6 Å². The zero-order chi connectivity index (χ0) is 17.2. The minimum absolute atomic E-state index is 0.103. The van der Waals surface area contributed by atoms with E-state index in [0.29, 0.717) is 13.0 Å². The minimum Gasteiger partial charge on any atom is -0.447 e. The molecule has 2 rings (SSSR count). The first-order chi connectivity index (χ1) is 10.7. The SMILES string of the molecule is CC(C)OC(=O)N1CC[C@@H](S(=O)(=O)c2ccc(C(N)=O)cc2)C1. The summed E-state index contributed by atoms with van der Waals surface area (Å²) in [6, 6.07) is 5.50. The molecule has 1 fully saturated rings. The second-order valence-corrected chi connectivity index (χ2v) is 7.95. The largest absolute Gasteiger partial charge is 0.447 e. The lowest BCUT2D eigenvalue weighted by atomic mass is 10.2. The zero-order valence-corrected chi connectivity index (χ0v) is 13.9. The van der Waals surface area contributed by atoms with Crippen molar-refractivity contribution >= 4 is 21.8 Å². The number of likely N-dealkylation sites (tertiary alicyclic amines) is 1. The molecule has 1 aliphatic heterocycles. The number of primary amides is 1. The third-order valence-electron chi connectivity index (χ3n) is 3.65. The van der Waals surface area contributed by atoms with Crippen molar-refractivity contribution < 1.29 is 22.7 Å². The van der Waals surface area contributed by atoms with Crippen molar-refractivity contribution in [2.75, 3.05) is 13.1 Å². The molecule has 7 nitrogen and oxygen atoms in total. The van der Waals surface area contributed by atoms with Gasteiger partial charge in [0.2, 0.25) is 5.91 Å². The van der Waals surface area contributed by atoms with Gasteiger partial charge in [-0.15, -0.1) is 0 Å². The number of benzene rings is 1. The van der Waals surface area contributed by atoms with Crippen LogP contribution < -0.4 is 5.73 Å². The molecule has 1 saturated heterocycles. The van der Waals surface area contributed by atoms with E-state index in [9.17, 15) is 18.0 Å². The Balaban J connectivity index is 2.12. The van der Waals surface area contributed by atoms with Crippen LogP contribution in [0.5, 0.6) is 0 Å². The van der Waals surface area contributed by atoms with Crippen LogP contribution in [0.15, 0.2) is 29.2 Å². The third-order valence-corrected chi connectivity index (χ3v) is 5.84. The van der Waals surface area contributed by atoms with Crippen LogP contribution in [0.1, 0.15) is 30.6 Å². The van der Waals surface area contributed by atoms with Crippen molar-refractivity contribution in [2.45, 2.75) is 36.5 Å². The highest BCUT2D eigenvalue weighted by Gasteiger charge is 2.36. The predicted molar refractivity (Wildman–Crippen MR) is 83.7 cm³/mol. The Morgan fingerprint density at radius 2 is 1.87 bits per heavy atom. The van der Waals surface area contributed by atoms with Gasteiger partial charge in [0.25, 0.3) is 0 Å². The highest BCUT2D eigenvalue weighted by Crippen LogP contribution is 2.24. The fourth-order valence-electron chi connectivity index (χ4n) is 2.42. The summed E-state index contributed by atoms with van der Waals surface area (Å²) in [7, 11) is -3.58. The highest BCUT2D eigenvalue weighted by atomic mass is 32.2. The molecular weight excluding hydrogens is 320 g/mol. The van der Waals surface area contributed by atoms with E-state index in [1.165, 1.54) is 29.2 Å². The first-order valence-corrected chi connectivity index (χ1v) is 8.85. The number of hydrogen-bond donors (Lipinski definition) is 1. The summed E-state index contributed by atoms with van der Waals surface area (Å²) in [5.41, 5.74) is 5.39. The molecule has 23 heavy (non-hydrogen) atoms. The summed E-state index contributed by atoms with van der Waals surface area (Å²) in [5, 5.41) is -0.679. The molecule has 2 amide bonds. The fourth-order valence-corrected chi connectivity index (χ4v) is 4.12. The monoisotopic (exact) mass is 340 g/mol. The molecule has 2 N–H and O–H groups in total. The van der Waals surface area contributed by atoms with Gasteiger partial charge >= 0.3 is 6.09 Å². The Morgan fingerprint density at radius 3 is 2.39 bits per heavy atom. The van der Waals surface area contributed by atoms with Gasteiger partial charge in [-0.2, -0.15) is 0 Å². The van der Waals surface area contributed by atoms with E-state index < -0.39 is 27.1 Å². The first-order valence-electron chi connectivity index (χ1n) is 7.31. The molecule has 1 aliphatic rings. The maximum atomic E-state index is 12.6. The maximum Gasteiger partial charge on any atom is 0.410 e. The molecule has 126 valence electrons. The van der Waals surface area contributed by atoms with Gasteiger partial charge in [-0.1, -0.05) is 0 Å². The average Bonchev–Trinajstić information content (AvgIpc) is 2.97. The molecule has 0 bridgehead atoms. The standard InChI is InChI=1S/C15H20N2O5S/c1-10(2)22-15(19)17-8-7-13(9-17)23(20,21)12-5-3-11(4-6-12)14(16)18/h3-6,10,13H,7-9H2,1-2H3,(H2,16,18)/t13-/m1/s1. The van der Waals surface area contributed by atoms with E-state index in [2.05, 4.69) is 0 Å². The second kappa shape index (κ2) is 6.57. The van der Waals surface area contributed by atoms with Crippen molar-refractivity contribution in [3.63, 3.8) is 0 Å². The molecular formula is C15H20N2O5S. The van der Waals surface area contributed by atoms with Crippen LogP contribution in [-0.4, -0.2) is 49.8 Å². The third kappa shape index (κ3) is 3.82. The number of rotatable bonds is 4. The summed E-state index contributed by atoms with van der Waals surface area (Å²) in [6.45, 7) is 3.92. The van der Waals surface area contributed by atoms with E-state index in [1.54, 1.807) is 13.8 Å². The Labute approximate surface area is 135 Å². The van der Waals surface area contributed by atoms with Gasteiger partial charge in [-0.05, 0) is 44.5 Å². The van der Waals surface area contributed by atoms with Crippen molar-refractivity contribution in [1.82, 2.24) is 4.90 Å². The summed E-state index contributed by atoms with van der Waals surface area (Å²) in [6.07, 6.45) is -0.395. The predicted octanol–water partition coefficient (Wildman–Crippen LogP) is 1.18. The smallest absolute Gasteiger partial charge is 0.410 e. The van der Waals surface area contributed by atoms with Crippen molar-refractivity contribution in [3.05, 3.63) is 29.8 Å². The van der Waals surface area contributed by atoms with Crippen LogP contribution in [0.3, 0.4) is 0 Å². The van der Waals surface area contributed by atoms with Crippen molar-refractivity contribution in [2.24, 2.45) is 5.73 Å². The van der Waals surface area contributed by atoms with Gasteiger partial charge in [0.05, 0.1) is 16.2 Å². The topological polar surface area (TPSA) is 107 Å². The lowest BCUT2D eigenvalue weighted by molar-refractivity contribution is 0.0837. The van der Waals surface area contributed by atoms with E-state index in [1.807, 2.05) is 0 Å². The lowest BCUT2D eigenvalue weighted by Gasteiger charge is -2.18. The molecule has 1 aromatic rings. The summed E-state index contributed by atoms with van der Waals surface area (Å²) >= 11 is 0. The molecule has 8 heteroatoms. The van der Waals surface area contributed by atoms with Crippen molar-refractivity contribution in [1.29, 1.82) is 0 Å². The minimum atomic E-state index is -3.58. The van der Waals surface area contributed by atoms with Crippen molar-refractivity contribution in [3.8, 4) is 0 Å². The molecule has 0 spiro atoms. The van der Waals surface area contributed by atoms with E-state index in [0.717, 1.165) is 0 Å². The number of nitrogens with two attached hydrogens (primary N) is 1. The van der Waals surface area contributed by atoms with Gasteiger partial charge in [0, 0.05) is 18.7 Å². The number of amides is 2. The molecule has 0 unspecified atom stereocenters. The summed E-state index contributed by atoms with van der Waals surface area (Å²) < 4.78 is 30.3. The summed E-state index contributed by atoms with van der Waals surface area (Å²) in [5.74, 6) is -0.613. The molecule has 0 saturated carbocycles. The number of carbonyl (C=O) groups excluding carboxylic acids is 2.